The van der Waals surface area contributed by atoms with Gasteiger partial charge in [0.1, 0.15) is 13.2 Å². The minimum absolute atomic E-state index is 0.0927. The molecule has 1 aromatic heterocycles. The van der Waals surface area contributed by atoms with Crippen LogP contribution >= 0.6 is 0 Å². The highest BCUT2D eigenvalue weighted by molar-refractivity contribution is 5.45. The molecule has 0 spiro atoms. The quantitative estimate of drug-likeness (QED) is 0.637. The number of hydrogen-bond donors (Lipinski definition) is 1. The van der Waals surface area contributed by atoms with E-state index in [4.69, 9.17) is 18.9 Å². The van der Waals surface area contributed by atoms with Crippen molar-refractivity contribution >= 4 is 0 Å². The van der Waals surface area contributed by atoms with Crippen LogP contribution in [0, 0.1) is 0 Å². The molecule has 5 heterocycles. The normalized spacial score (nSPS) is 24.3. The van der Waals surface area contributed by atoms with Crippen LogP contribution in [0.5, 0.6) is 11.6 Å². The van der Waals surface area contributed by atoms with E-state index < -0.39 is 0 Å². The number of allylic oxidation sites excluding steroid dienone is 4. The number of hydrogen-bond acceptors (Lipinski definition) is 9. The van der Waals surface area contributed by atoms with Gasteiger partial charge in [-0.05, 0) is 30.9 Å². The summed E-state index contributed by atoms with van der Waals surface area (Å²) in [4.78, 5) is 4.96. The van der Waals surface area contributed by atoms with Gasteiger partial charge >= 0.3 is 0 Å². The molecule has 1 fully saturated rings. The molecule has 1 saturated heterocycles. The summed E-state index contributed by atoms with van der Waals surface area (Å²) in [5.74, 6) is 1.78. The Hall–Kier alpha value is -3.04. The average Bonchev–Trinajstić information content (AvgIpc) is 3.31. The Morgan fingerprint density at radius 2 is 1.94 bits per heavy atom. The number of fused-ring (bicyclic) bond motifs is 2. The minimum Gasteiger partial charge on any atom is -0.484 e. The Morgan fingerprint density at radius 3 is 2.82 bits per heavy atom. The van der Waals surface area contributed by atoms with E-state index in [1.54, 1.807) is 7.11 Å². The van der Waals surface area contributed by atoms with Crippen LogP contribution in [0.15, 0.2) is 53.2 Å². The molecule has 4 aliphatic heterocycles. The molecule has 1 atom stereocenters. The number of nitrogens with zero attached hydrogens (tertiary/aromatic N) is 4. The summed E-state index contributed by atoms with van der Waals surface area (Å²) in [5, 5.41) is 12.1. The van der Waals surface area contributed by atoms with Gasteiger partial charge in [0.25, 0.3) is 11.8 Å². The van der Waals surface area contributed by atoms with Crippen molar-refractivity contribution < 1.29 is 18.9 Å². The maximum atomic E-state index is 6.13. The van der Waals surface area contributed by atoms with Crippen molar-refractivity contribution in [3.05, 3.63) is 58.9 Å². The molecule has 6 rings (SSSR count). The number of rotatable bonds is 6. The molecular weight excluding hydrogens is 434 g/mol. The van der Waals surface area contributed by atoms with Crippen molar-refractivity contribution in [1.29, 1.82) is 0 Å². The fourth-order valence-corrected chi connectivity index (χ4v) is 5.21. The Morgan fingerprint density at radius 1 is 1.09 bits per heavy atom. The molecule has 0 saturated carbocycles. The molecule has 1 unspecified atom stereocenters. The topological polar surface area (TPSA) is 81.2 Å². The predicted octanol–water partition coefficient (Wildman–Crippen LogP) is 2.45. The second-order valence-corrected chi connectivity index (χ2v) is 9.22. The van der Waals surface area contributed by atoms with Crippen LogP contribution in [-0.2, 0) is 16.0 Å². The van der Waals surface area contributed by atoms with Gasteiger partial charge in [-0.1, -0.05) is 12.2 Å². The van der Waals surface area contributed by atoms with Crippen molar-refractivity contribution in [2.24, 2.45) is 0 Å². The zero-order valence-electron chi connectivity index (χ0n) is 19.5. The number of nitrogens with one attached hydrogen (secondary N) is 1. The summed E-state index contributed by atoms with van der Waals surface area (Å²) in [6.07, 6.45) is 12.9. The third kappa shape index (κ3) is 4.25. The van der Waals surface area contributed by atoms with Crippen molar-refractivity contribution in [3.63, 3.8) is 0 Å². The number of ether oxygens (including phenoxy) is 4. The summed E-state index contributed by atoms with van der Waals surface area (Å²) < 4.78 is 22.6. The Kier molecular flexibility index (Phi) is 5.88. The highest BCUT2D eigenvalue weighted by atomic mass is 16.7. The van der Waals surface area contributed by atoms with E-state index in [0.717, 1.165) is 51.1 Å². The summed E-state index contributed by atoms with van der Waals surface area (Å²) in [6, 6.07) is 2.39. The molecule has 0 bridgehead atoms. The van der Waals surface area contributed by atoms with Gasteiger partial charge in [-0.2, -0.15) is 5.10 Å². The van der Waals surface area contributed by atoms with Crippen molar-refractivity contribution in [1.82, 2.24) is 25.3 Å². The van der Waals surface area contributed by atoms with Crippen LogP contribution in [0.1, 0.15) is 31.4 Å². The summed E-state index contributed by atoms with van der Waals surface area (Å²) in [7, 11) is 1.66. The first kappa shape index (κ1) is 21.5. The predicted molar refractivity (Wildman–Crippen MR) is 125 cm³/mol. The average molecular weight is 466 g/mol. The van der Waals surface area contributed by atoms with Crippen LogP contribution in [0.4, 0.5) is 0 Å². The lowest BCUT2D eigenvalue weighted by atomic mass is 9.94. The zero-order valence-corrected chi connectivity index (χ0v) is 19.5. The molecule has 0 aromatic carbocycles. The first-order valence-corrected chi connectivity index (χ1v) is 12.1. The smallest absolute Gasteiger partial charge is 0.281 e. The van der Waals surface area contributed by atoms with Gasteiger partial charge in [0, 0.05) is 55.5 Å². The van der Waals surface area contributed by atoms with Crippen molar-refractivity contribution in [2.45, 2.75) is 44.5 Å². The van der Waals surface area contributed by atoms with Crippen LogP contribution in [-0.4, -0.2) is 72.3 Å². The Labute approximate surface area is 199 Å². The van der Waals surface area contributed by atoms with Gasteiger partial charge in [0.15, 0.2) is 5.75 Å². The molecule has 9 heteroatoms. The Balaban J connectivity index is 1.04. The lowest BCUT2D eigenvalue weighted by molar-refractivity contribution is -0.0458. The van der Waals surface area contributed by atoms with Gasteiger partial charge in [-0.25, -0.2) is 0 Å². The lowest BCUT2D eigenvalue weighted by Gasteiger charge is -2.42. The monoisotopic (exact) mass is 465 g/mol. The van der Waals surface area contributed by atoms with Gasteiger partial charge in [0.05, 0.1) is 19.5 Å². The largest absolute Gasteiger partial charge is 0.484 e. The highest BCUT2D eigenvalue weighted by Crippen LogP contribution is 2.38. The number of methoxy groups -OCH3 is 1. The van der Waals surface area contributed by atoms with E-state index in [1.807, 2.05) is 12.1 Å². The fraction of sp³-hybridized carbons (Fsp3) is 0.520. The second kappa shape index (κ2) is 9.31. The van der Waals surface area contributed by atoms with Gasteiger partial charge in [0.2, 0.25) is 6.23 Å². The number of likely N-dealkylation sites (tertiary alicyclic amines) is 1. The molecule has 9 nitrogen and oxygen atoms in total. The molecule has 5 aliphatic rings. The lowest BCUT2D eigenvalue weighted by Crippen LogP contribution is -2.50. The molecule has 0 amide bonds. The summed E-state index contributed by atoms with van der Waals surface area (Å²) >= 11 is 0. The van der Waals surface area contributed by atoms with Gasteiger partial charge in [-0.15, -0.1) is 5.10 Å². The SMILES string of the molecule is COC1=CC2=CC3=C(CC=CC3)N(CN3CCC(NCc4cc5c(nn4)OCCO5)CC3)C2O1. The number of aromatic nitrogens is 2. The molecular formula is C25H31N5O4. The first-order valence-electron chi connectivity index (χ1n) is 12.1. The van der Waals surface area contributed by atoms with E-state index in [2.05, 4.69) is 43.5 Å². The van der Waals surface area contributed by atoms with Crippen LogP contribution < -0.4 is 14.8 Å². The molecule has 180 valence electrons. The van der Waals surface area contributed by atoms with Crippen molar-refractivity contribution in [3.8, 4) is 11.6 Å². The maximum Gasteiger partial charge on any atom is 0.281 e. The van der Waals surface area contributed by atoms with E-state index in [-0.39, 0.29) is 6.23 Å². The van der Waals surface area contributed by atoms with E-state index in [1.165, 1.54) is 16.8 Å². The number of piperidine rings is 1. The molecule has 34 heavy (non-hydrogen) atoms. The second-order valence-electron chi connectivity index (χ2n) is 9.22. The van der Waals surface area contributed by atoms with E-state index >= 15 is 0 Å². The molecule has 1 aliphatic carbocycles. The van der Waals surface area contributed by atoms with Crippen LogP contribution in [0.3, 0.4) is 0 Å². The highest BCUT2D eigenvalue weighted by Gasteiger charge is 2.37. The molecule has 0 radical (unpaired) electrons. The summed E-state index contributed by atoms with van der Waals surface area (Å²) in [6.45, 7) is 4.70. The third-order valence-electron chi connectivity index (χ3n) is 7.02. The minimum atomic E-state index is -0.0927. The van der Waals surface area contributed by atoms with Crippen LogP contribution in [0.25, 0.3) is 0 Å². The fourth-order valence-electron chi connectivity index (χ4n) is 5.21. The van der Waals surface area contributed by atoms with Crippen LogP contribution in [0.2, 0.25) is 0 Å². The van der Waals surface area contributed by atoms with Gasteiger partial charge in [-0.3, -0.25) is 4.90 Å². The third-order valence-corrected chi connectivity index (χ3v) is 7.02. The summed E-state index contributed by atoms with van der Waals surface area (Å²) in [5.41, 5.74) is 4.83. The first-order chi connectivity index (χ1) is 16.8. The maximum absolute atomic E-state index is 6.13. The van der Waals surface area contributed by atoms with Gasteiger partial charge < -0.3 is 29.2 Å². The van der Waals surface area contributed by atoms with E-state index in [0.29, 0.717) is 43.4 Å². The van der Waals surface area contributed by atoms with E-state index in [9.17, 15) is 0 Å². The molecule has 1 N–H and O–H groups in total. The van der Waals surface area contributed by atoms with Crippen molar-refractivity contribution in [2.75, 3.05) is 40.1 Å². The Bertz CT molecular complexity index is 1060. The zero-order chi connectivity index (χ0) is 22.9. The standard InChI is InChI=1S/C25H31N5O4/c1-31-23-13-18-12-17-4-2-3-5-21(17)30(25(18)34-23)16-29-8-6-19(7-9-29)26-15-20-14-22-24(28-27-20)33-11-10-32-22/h2-3,12-14,19,25-26H,4-11,15-16H2,1H3. The molecule has 1 aromatic rings.